The average molecular weight is 310 g/mol. The molecule has 4 heteroatoms. The molecule has 0 unspecified atom stereocenters. The van der Waals surface area contributed by atoms with Crippen molar-refractivity contribution in [2.75, 3.05) is 33.7 Å². The summed E-state index contributed by atoms with van der Waals surface area (Å²) in [5.74, 6) is 0. The Morgan fingerprint density at radius 3 is 2.83 bits per heavy atom. The van der Waals surface area contributed by atoms with Crippen molar-refractivity contribution >= 4 is 26.8 Å². The molecule has 1 aromatic carbocycles. The van der Waals surface area contributed by atoms with Crippen LogP contribution in [0.4, 0.5) is 0 Å². The zero-order valence-corrected chi connectivity index (χ0v) is 12.6. The van der Waals surface area contributed by atoms with Gasteiger partial charge >= 0.3 is 0 Å². The summed E-state index contributed by atoms with van der Waals surface area (Å²) in [5, 5.41) is 4.76. The van der Waals surface area contributed by atoms with Gasteiger partial charge in [0.05, 0.1) is 0 Å². The van der Waals surface area contributed by atoms with Crippen LogP contribution in [0.15, 0.2) is 34.9 Å². The molecule has 0 amide bonds. The monoisotopic (exact) mass is 309 g/mol. The molecule has 0 spiro atoms. The summed E-state index contributed by atoms with van der Waals surface area (Å²) in [4.78, 5) is 2.19. The number of likely N-dealkylation sites (N-methyl/N-ethyl adjacent to an activating group) is 1. The van der Waals surface area contributed by atoms with Crippen LogP contribution < -0.4 is 5.32 Å². The molecule has 0 saturated heterocycles. The molecule has 2 aromatic rings. The summed E-state index contributed by atoms with van der Waals surface area (Å²) >= 11 is 3.53. The van der Waals surface area contributed by atoms with E-state index in [9.17, 15) is 0 Å². The van der Waals surface area contributed by atoms with Crippen molar-refractivity contribution in [1.82, 2.24) is 14.8 Å². The summed E-state index contributed by atoms with van der Waals surface area (Å²) in [5.41, 5.74) is 1.29. The molecule has 98 valence electrons. The largest absolute Gasteiger partial charge is 0.346 e. The average Bonchev–Trinajstić information content (AvgIpc) is 2.71. The second-order valence-electron chi connectivity index (χ2n) is 4.77. The third kappa shape index (κ3) is 3.57. The minimum atomic E-state index is 1.00. The van der Waals surface area contributed by atoms with Gasteiger partial charge in [0, 0.05) is 42.4 Å². The van der Waals surface area contributed by atoms with Gasteiger partial charge in [-0.3, -0.25) is 0 Å². The van der Waals surface area contributed by atoms with Crippen LogP contribution in [0.25, 0.3) is 10.9 Å². The van der Waals surface area contributed by atoms with Gasteiger partial charge in [-0.05, 0) is 37.7 Å². The molecule has 0 aliphatic carbocycles. The Labute approximate surface area is 117 Å². The van der Waals surface area contributed by atoms with Crippen LogP contribution >= 0.6 is 15.9 Å². The van der Waals surface area contributed by atoms with Gasteiger partial charge < -0.3 is 14.8 Å². The van der Waals surface area contributed by atoms with Gasteiger partial charge in [0.15, 0.2) is 0 Å². The van der Waals surface area contributed by atoms with Gasteiger partial charge in [-0.2, -0.15) is 0 Å². The van der Waals surface area contributed by atoms with E-state index in [0.29, 0.717) is 0 Å². The van der Waals surface area contributed by atoms with Crippen LogP contribution in [0.1, 0.15) is 0 Å². The number of hydrogen-bond acceptors (Lipinski definition) is 2. The zero-order valence-electron chi connectivity index (χ0n) is 11.0. The Balaban J connectivity index is 1.89. The second kappa shape index (κ2) is 6.36. The third-order valence-corrected chi connectivity index (χ3v) is 3.49. The first-order valence-electron chi connectivity index (χ1n) is 6.26. The number of nitrogens with one attached hydrogen (secondary N) is 1. The van der Waals surface area contributed by atoms with Gasteiger partial charge in [-0.1, -0.05) is 22.0 Å². The zero-order chi connectivity index (χ0) is 13.0. The minimum Gasteiger partial charge on any atom is -0.346 e. The molecule has 0 radical (unpaired) electrons. The number of benzene rings is 1. The standard InChI is InChI=1S/C14H20BrN3/c1-17(2)9-6-16-7-10-18-8-5-12-3-4-13(15)11-14(12)18/h3-5,8,11,16H,6-7,9-10H2,1-2H3. The predicted molar refractivity (Wildman–Crippen MR) is 81.1 cm³/mol. The van der Waals surface area contributed by atoms with Crippen LogP contribution in [0, 0.1) is 0 Å². The van der Waals surface area contributed by atoms with Crippen LogP contribution in [-0.2, 0) is 6.54 Å². The molecule has 0 saturated carbocycles. The van der Waals surface area contributed by atoms with E-state index in [1.54, 1.807) is 0 Å². The number of rotatable bonds is 6. The van der Waals surface area contributed by atoms with Crippen molar-refractivity contribution in [3.63, 3.8) is 0 Å². The Kier molecular flexibility index (Phi) is 4.80. The van der Waals surface area contributed by atoms with Crippen molar-refractivity contribution in [1.29, 1.82) is 0 Å². The lowest BCUT2D eigenvalue weighted by molar-refractivity contribution is 0.398. The van der Waals surface area contributed by atoms with Gasteiger partial charge in [-0.15, -0.1) is 0 Å². The second-order valence-corrected chi connectivity index (χ2v) is 5.68. The molecular weight excluding hydrogens is 290 g/mol. The van der Waals surface area contributed by atoms with E-state index >= 15 is 0 Å². The quantitative estimate of drug-likeness (QED) is 0.828. The molecule has 1 heterocycles. The highest BCUT2D eigenvalue weighted by molar-refractivity contribution is 9.10. The summed E-state index contributed by atoms with van der Waals surface area (Å²) in [6.07, 6.45) is 2.16. The lowest BCUT2D eigenvalue weighted by Gasteiger charge is -2.11. The highest BCUT2D eigenvalue weighted by atomic mass is 79.9. The van der Waals surface area contributed by atoms with Crippen molar-refractivity contribution in [3.8, 4) is 0 Å². The van der Waals surface area contributed by atoms with Gasteiger partial charge in [0.1, 0.15) is 0 Å². The summed E-state index contributed by atoms with van der Waals surface area (Å²) < 4.78 is 3.43. The van der Waals surface area contributed by atoms with Crippen LogP contribution in [-0.4, -0.2) is 43.2 Å². The summed E-state index contributed by atoms with van der Waals surface area (Å²) in [7, 11) is 4.19. The maximum absolute atomic E-state index is 3.53. The fourth-order valence-corrected chi connectivity index (χ4v) is 2.33. The summed E-state index contributed by atoms with van der Waals surface area (Å²) in [6, 6.07) is 8.58. The molecule has 0 aliphatic rings. The van der Waals surface area contributed by atoms with E-state index in [4.69, 9.17) is 0 Å². The highest BCUT2D eigenvalue weighted by Gasteiger charge is 2.01. The normalized spacial score (nSPS) is 11.6. The maximum atomic E-state index is 3.53. The lowest BCUT2D eigenvalue weighted by atomic mass is 10.2. The Bertz CT molecular complexity index is 505. The van der Waals surface area contributed by atoms with Crippen molar-refractivity contribution in [2.45, 2.75) is 6.54 Å². The van der Waals surface area contributed by atoms with Gasteiger partial charge in [-0.25, -0.2) is 0 Å². The fourth-order valence-electron chi connectivity index (χ4n) is 1.98. The topological polar surface area (TPSA) is 20.2 Å². The number of hydrogen-bond donors (Lipinski definition) is 1. The molecule has 18 heavy (non-hydrogen) atoms. The molecule has 1 aromatic heterocycles. The van der Waals surface area contributed by atoms with E-state index in [1.807, 2.05) is 0 Å². The van der Waals surface area contributed by atoms with Crippen molar-refractivity contribution < 1.29 is 0 Å². The molecule has 0 aliphatic heterocycles. The molecular formula is C14H20BrN3. The predicted octanol–water partition coefficient (Wildman–Crippen LogP) is 2.56. The van der Waals surface area contributed by atoms with Crippen LogP contribution in [0.3, 0.4) is 0 Å². The number of aromatic nitrogens is 1. The van der Waals surface area contributed by atoms with E-state index in [2.05, 4.69) is 75.3 Å². The van der Waals surface area contributed by atoms with Crippen LogP contribution in [0.2, 0.25) is 0 Å². The lowest BCUT2D eigenvalue weighted by Crippen LogP contribution is -2.28. The van der Waals surface area contributed by atoms with E-state index in [0.717, 1.165) is 30.7 Å². The Morgan fingerprint density at radius 2 is 2.06 bits per heavy atom. The van der Waals surface area contributed by atoms with E-state index in [-0.39, 0.29) is 0 Å². The SMILES string of the molecule is CN(C)CCNCCn1ccc2ccc(Br)cc21. The fraction of sp³-hybridized carbons (Fsp3) is 0.429. The Morgan fingerprint density at radius 1 is 1.22 bits per heavy atom. The van der Waals surface area contributed by atoms with Gasteiger partial charge in [0.25, 0.3) is 0 Å². The van der Waals surface area contributed by atoms with E-state index < -0.39 is 0 Å². The first-order chi connectivity index (χ1) is 8.66. The smallest absolute Gasteiger partial charge is 0.0492 e. The molecule has 1 N–H and O–H groups in total. The molecule has 0 fully saturated rings. The van der Waals surface area contributed by atoms with E-state index in [1.165, 1.54) is 10.9 Å². The molecule has 2 rings (SSSR count). The molecule has 0 bridgehead atoms. The first-order valence-corrected chi connectivity index (χ1v) is 7.06. The maximum Gasteiger partial charge on any atom is 0.0492 e. The van der Waals surface area contributed by atoms with Crippen LogP contribution in [0.5, 0.6) is 0 Å². The van der Waals surface area contributed by atoms with Crippen molar-refractivity contribution in [3.05, 3.63) is 34.9 Å². The molecule has 0 atom stereocenters. The van der Waals surface area contributed by atoms with Gasteiger partial charge in [0.2, 0.25) is 0 Å². The minimum absolute atomic E-state index is 1.00. The number of fused-ring (bicyclic) bond motifs is 1. The third-order valence-electron chi connectivity index (χ3n) is 3.00. The Hall–Kier alpha value is -0.840. The number of nitrogens with zero attached hydrogens (tertiary/aromatic N) is 2. The molecule has 3 nitrogen and oxygen atoms in total. The van der Waals surface area contributed by atoms with Crippen molar-refractivity contribution in [2.24, 2.45) is 0 Å². The summed E-state index contributed by atoms with van der Waals surface area (Å²) in [6.45, 7) is 4.13. The first kappa shape index (κ1) is 13.6. The highest BCUT2D eigenvalue weighted by Crippen LogP contribution is 2.20. The number of halogens is 1.